The number of aromatic amines is 1. The van der Waals surface area contributed by atoms with Gasteiger partial charge < -0.3 is 19.5 Å². The highest BCUT2D eigenvalue weighted by Gasteiger charge is 2.30. The highest BCUT2D eigenvalue weighted by Crippen LogP contribution is 2.34. The summed E-state index contributed by atoms with van der Waals surface area (Å²) in [6.07, 6.45) is 6.57. The minimum absolute atomic E-state index is 0.131. The fourth-order valence-corrected chi connectivity index (χ4v) is 6.66. The molecule has 3 N–H and O–H groups in total. The van der Waals surface area contributed by atoms with Gasteiger partial charge in [0.05, 0.1) is 22.6 Å². The molecule has 0 spiro atoms. The van der Waals surface area contributed by atoms with Crippen molar-refractivity contribution in [2.45, 2.75) is 70.7 Å². The standard InChI is InChI=1S/C27H39N5O6S/c1-4-7-20-18-31(6-3)25-24(20)28-26(29-27(25)33)22-17-21(8-9-23(22)37-15-5-2)39(35,36)32-13-10-19(11-14-32)12-16-38-30-34/h8-9,17-19H,4-7,10-16,30H2,1-3H3,(H,28,29,33). The summed E-state index contributed by atoms with van der Waals surface area (Å²) in [5.41, 5.74) is 2.75. The molecule has 11 nitrogen and oxygen atoms in total. The van der Waals surface area contributed by atoms with Gasteiger partial charge in [0.25, 0.3) is 5.56 Å². The second-order valence-corrected chi connectivity index (χ2v) is 11.8. The van der Waals surface area contributed by atoms with Crippen LogP contribution in [0.2, 0.25) is 0 Å². The van der Waals surface area contributed by atoms with Crippen LogP contribution in [0.15, 0.2) is 34.1 Å². The van der Waals surface area contributed by atoms with E-state index in [1.54, 1.807) is 18.2 Å². The van der Waals surface area contributed by atoms with Crippen molar-refractivity contribution in [1.82, 2.24) is 18.8 Å². The van der Waals surface area contributed by atoms with E-state index in [2.05, 4.69) is 11.9 Å². The maximum atomic E-state index is 13.6. The minimum Gasteiger partial charge on any atom is -0.601 e. The lowest BCUT2D eigenvalue weighted by atomic mass is 9.95. The van der Waals surface area contributed by atoms with Gasteiger partial charge in [-0.1, -0.05) is 20.3 Å². The van der Waals surface area contributed by atoms with E-state index in [4.69, 9.17) is 14.6 Å². The van der Waals surface area contributed by atoms with Crippen LogP contribution in [0.25, 0.3) is 22.4 Å². The molecule has 2 aromatic heterocycles. The molecule has 4 rings (SSSR count). The van der Waals surface area contributed by atoms with Crippen molar-refractivity contribution in [3.8, 4) is 17.1 Å². The van der Waals surface area contributed by atoms with Crippen molar-refractivity contribution in [3.05, 3.63) is 45.5 Å². The fourth-order valence-electron chi connectivity index (χ4n) is 5.16. The third kappa shape index (κ3) is 6.36. The summed E-state index contributed by atoms with van der Waals surface area (Å²) >= 11 is 0. The topological polar surface area (TPSA) is 146 Å². The average molecular weight is 562 g/mol. The van der Waals surface area contributed by atoms with E-state index in [0.29, 0.717) is 79.6 Å². The number of aryl methyl sites for hydroxylation is 2. The Morgan fingerprint density at radius 2 is 1.92 bits per heavy atom. The number of nitrogens with zero attached hydrogens (tertiary/aromatic N) is 3. The zero-order valence-electron chi connectivity index (χ0n) is 22.9. The zero-order chi connectivity index (χ0) is 28.0. The predicted molar refractivity (Wildman–Crippen MR) is 149 cm³/mol. The lowest BCUT2D eigenvalue weighted by Gasteiger charge is -2.31. The van der Waals surface area contributed by atoms with Crippen LogP contribution in [0, 0.1) is 11.1 Å². The molecule has 1 saturated heterocycles. The molecular formula is C27H39N5O6S. The number of piperidine rings is 1. The van der Waals surface area contributed by atoms with Gasteiger partial charge in [0.2, 0.25) is 10.0 Å². The van der Waals surface area contributed by atoms with Gasteiger partial charge in [-0.15, -0.1) is 0 Å². The molecule has 0 unspecified atom stereocenters. The number of nitrogens with one attached hydrogen (secondary N) is 1. The second-order valence-electron chi connectivity index (χ2n) is 9.91. The largest absolute Gasteiger partial charge is 0.601 e. The summed E-state index contributed by atoms with van der Waals surface area (Å²) in [4.78, 5) is 25.9. The van der Waals surface area contributed by atoms with Crippen LogP contribution in [0.5, 0.6) is 5.75 Å². The Bertz CT molecular complexity index is 1430. The van der Waals surface area contributed by atoms with Gasteiger partial charge in [-0.2, -0.15) is 4.31 Å². The highest BCUT2D eigenvalue weighted by molar-refractivity contribution is 7.89. The van der Waals surface area contributed by atoms with E-state index in [1.807, 2.05) is 24.6 Å². The van der Waals surface area contributed by atoms with Crippen LogP contribution in [-0.4, -0.2) is 53.6 Å². The number of fused-ring (bicyclic) bond motifs is 1. The summed E-state index contributed by atoms with van der Waals surface area (Å²) in [7, 11) is -3.78. The van der Waals surface area contributed by atoms with Crippen LogP contribution in [-0.2, 0) is 27.8 Å². The lowest BCUT2D eigenvalue weighted by molar-refractivity contribution is -0.850. The summed E-state index contributed by atoms with van der Waals surface area (Å²) < 4.78 is 36.6. The number of sulfonamides is 1. The summed E-state index contributed by atoms with van der Waals surface area (Å²) in [6, 6.07) is 4.76. The molecular weight excluding hydrogens is 522 g/mol. The maximum absolute atomic E-state index is 13.6. The van der Waals surface area contributed by atoms with Gasteiger partial charge in [-0.3, -0.25) is 4.79 Å². The van der Waals surface area contributed by atoms with Crippen LogP contribution in [0.4, 0.5) is 0 Å². The lowest BCUT2D eigenvalue weighted by Crippen LogP contribution is -2.76. The number of hydrogen-bond acceptors (Lipinski definition) is 7. The third-order valence-corrected chi connectivity index (χ3v) is 9.14. The van der Waals surface area contributed by atoms with Gasteiger partial charge >= 0.3 is 0 Å². The molecule has 0 aliphatic carbocycles. The summed E-state index contributed by atoms with van der Waals surface area (Å²) in [5.74, 6) is 1.07. The first kappa shape index (κ1) is 29.2. The Labute approximate surface area is 229 Å². The number of benzene rings is 1. The Morgan fingerprint density at radius 1 is 1.15 bits per heavy atom. The fraction of sp³-hybridized carbons (Fsp3) is 0.556. The average Bonchev–Trinajstić information content (AvgIpc) is 3.30. The second kappa shape index (κ2) is 13.1. The number of ether oxygens (including phenoxy) is 1. The summed E-state index contributed by atoms with van der Waals surface area (Å²) in [5, 5.41) is 10.4. The van der Waals surface area contributed by atoms with E-state index in [9.17, 15) is 18.4 Å². The van der Waals surface area contributed by atoms with E-state index < -0.39 is 10.0 Å². The smallest absolute Gasteiger partial charge is 0.275 e. The van der Waals surface area contributed by atoms with Crippen LogP contribution in [0.1, 0.15) is 58.4 Å². The third-order valence-electron chi connectivity index (χ3n) is 7.25. The molecule has 1 fully saturated rings. The minimum atomic E-state index is -3.78. The first-order chi connectivity index (χ1) is 18.8. The SMILES string of the molecule is CCCOc1ccc(S(=O)(=O)N2CCC(CCO[NH2+][O-])CC2)cc1-c1nc2c(CCC)cn(CC)c2c(=O)[nH]1. The molecule has 0 radical (unpaired) electrons. The maximum Gasteiger partial charge on any atom is 0.275 e. The van der Waals surface area contributed by atoms with Gasteiger partial charge in [-0.25, -0.2) is 23.9 Å². The van der Waals surface area contributed by atoms with E-state index in [1.165, 1.54) is 4.31 Å². The number of quaternary nitrogens is 1. The van der Waals surface area contributed by atoms with Crippen LogP contribution in [0.3, 0.4) is 0 Å². The normalized spacial score (nSPS) is 15.3. The van der Waals surface area contributed by atoms with Crippen molar-refractivity contribution in [2.24, 2.45) is 5.92 Å². The van der Waals surface area contributed by atoms with Gasteiger partial charge in [0, 0.05) is 25.8 Å². The molecule has 0 atom stereocenters. The number of rotatable bonds is 13. The molecule has 0 bridgehead atoms. The van der Waals surface area contributed by atoms with E-state index in [-0.39, 0.29) is 16.3 Å². The van der Waals surface area contributed by atoms with Gasteiger partial charge in [-0.05, 0) is 68.7 Å². The summed E-state index contributed by atoms with van der Waals surface area (Å²) in [6.45, 7) is 8.27. The van der Waals surface area contributed by atoms with Gasteiger partial charge in [0.15, 0.2) is 0 Å². The molecule has 12 heteroatoms. The monoisotopic (exact) mass is 561 g/mol. The van der Waals surface area contributed by atoms with Crippen molar-refractivity contribution in [2.75, 3.05) is 26.3 Å². The van der Waals surface area contributed by atoms with Crippen molar-refractivity contribution < 1.29 is 23.6 Å². The van der Waals surface area contributed by atoms with Gasteiger partial charge in [0.1, 0.15) is 23.7 Å². The molecule has 39 heavy (non-hydrogen) atoms. The Hall–Kier alpha value is -2.77. The van der Waals surface area contributed by atoms with Crippen molar-refractivity contribution in [3.63, 3.8) is 0 Å². The van der Waals surface area contributed by atoms with Crippen LogP contribution < -0.4 is 15.9 Å². The Kier molecular flexibility index (Phi) is 9.78. The first-order valence-corrected chi connectivity index (χ1v) is 15.2. The molecule has 3 aromatic rings. The quantitative estimate of drug-likeness (QED) is 0.241. The number of nitrogens with two attached hydrogens (primary N) is 1. The van der Waals surface area contributed by atoms with Crippen LogP contribution >= 0.6 is 0 Å². The molecule has 0 saturated carbocycles. The van der Waals surface area contributed by atoms with E-state index in [0.717, 1.165) is 31.2 Å². The molecule has 1 aliphatic heterocycles. The molecule has 0 amide bonds. The highest BCUT2D eigenvalue weighted by atomic mass is 32.2. The molecule has 3 heterocycles. The number of H-pyrrole nitrogens is 1. The van der Waals surface area contributed by atoms with E-state index >= 15 is 0 Å². The first-order valence-electron chi connectivity index (χ1n) is 13.8. The molecule has 214 valence electrons. The Balaban J connectivity index is 1.71. The Morgan fingerprint density at radius 3 is 2.59 bits per heavy atom. The molecule has 1 aromatic carbocycles. The molecule has 1 aliphatic rings. The van der Waals surface area contributed by atoms with Crippen molar-refractivity contribution >= 4 is 21.1 Å². The number of aromatic nitrogens is 3. The zero-order valence-corrected chi connectivity index (χ0v) is 23.8. The van der Waals surface area contributed by atoms with Crippen molar-refractivity contribution in [1.29, 1.82) is 0 Å². The predicted octanol–water partition coefficient (Wildman–Crippen LogP) is 2.94. The number of hydrogen-bond donors (Lipinski definition) is 2.